The molecule has 0 saturated heterocycles. The highest BCUT2D eigenvalue weighted by Crippen LogP contribution is 2.21. The number of hydrogen-bond acceptors (Lipinski definition) is 5. The van der Waals surface area contributed by atoms with E-state index in [4.69, 9.17) is 21.1 Å². The molecule has 0 radical (unpaired) electrons. The van der Waals surface area contributed by atoms with Gasteiger partial charge in [0.1, 0.15) is 5.75 Å². The van der Waals surface area contributed by atoms with Gasteiger partial charge in [-0.2, -0.15) is 0 Å². The van der Waals surface area contributed by atoms with E-state index >= 15 is 0 Å². The Labute approximate surface area is 168 Å². The van der Waals surface area contributed by atoms with Crippen molar-refractivity contribution >= 4 is 34.9 Å². The van der Waals surface area contributed by atoms with Crippen molar-refractivity contribution < 1.29 is 23.9 Å². The van der Waals surface area contributed by atoms with E-state index in [0.717, 1.165) is 12.0 Å². The van der Waals surface area contributed by atoms with Crippen LogP contribution in [0.15, 0.2) is 42.5 Å². The van der Waals surface area contributed by atoms with Gasteiger partial charge in [0.05, 0.1) is 0 Å². The molecule has 148 valence electrons. The van der Waals surface area contributed by atoms with Crippen LogP contribution in [-0.4, -0.2) is 30.9 Å². The third-order valence-corrected chi connectivity index (χ3v) is 4.24. The number of amides is 1. The van der Waals surface area contributed by atoms with Gasteiger partial charge in [-0.05, 0) is 61.4 Å². The first kappa shape index (κ1) is 21.4. The standard InChI is InChI=1S/C21H22ClNO5/c1-3-4-20(25)23-16-7-5-15(6-8-16)19(24)12-28-21(26)13-27-17-9-10-18(22)14(2)11-17/h5-11H,3-4,12-13H2,1-2H3,(H,23,25). The first-order valence-corrected chi connectivity index (χ1v) is 9.24. The summed E-state index contributed by atoms with van der Waals surface area (Å²) >= 11 is 5.93. The fourth-order valence-electron chi connectivity index (χ4n) is 2.31. The molecular formula is C21H22ClNO5. The second-order valence-corrected chi connectivity index (χ2v) is 6.57. The van der Waals surface area contributed by atoms with E-state index in [1.165, 1.54) is 0 Å². The van der Waals surface area contributed by atoms with E-state index in [9.17, 15) is 14.4 Å². The first-order valence-electron chi connectivity index (χ1n) is 8.86. The molecule has 0 bridgehead atoms. The topological polar surface area (TPSA) is 81.7 Å². The highest BCUT2D eigenvalue weighted by molar-refractivity contribution is 6.31. The number of Topliss-reactive ketones (excluding diaryl/α,β-unsaturated/α-hetero) is 1. The summed E-state index contributed by atoms with van der Waals surface area (Å²) in [6.07, 6.45) is 1.20. The smallest absolute Gasteiger partial charge is 0.344 e. The zero-order chi connectivity index (χ0) is 20.5. The molecule has 0 aliphatic rings. The van der Waals surface area contributed by atoms with Gasteiger partial charge in [-0.25, -0.2) is 4.79 Å². The van der Waals surface area contributed by atoms with Crippen LogP contribution in [0.5, 0.6) is 5.75 Å². The van der Waals surface area contributed by atoms with Crippen LogP contribution in [0.25, 0.3) is 0 Å². The first-order chi connectivity index (χ1) is 13.4. The number of benzene rings is 2. The molecule has 0 fully saturated rings. The van der Waals surface area contributed by atoms with Gasteiger partial charge in [-0.3, -0.25) is 9.59 Å². The molecule has 0 heterocycles. The number of aryl methyl sites for hydroxylation is 1. The molecule has 6 nitrogen and oxygen atoms in total. The Kier molecular flexibility index (Phi) is 8.02. The molecule has 1 N–H and O–H groups in total. The molecule has 0 aliphatic carbocycles. The second-order valence-electron chi connectivity index (χ2n) is 6.16. The number of ketones is 1. The Balaban J connectivity index is 1.78. The average molecular weight is 404 g/mol. The van der Waals surface area contributed by atoms with Crippen LogP contribution in [0, 0.1) is 6.92 Å². The molecule has 28 heavy (non-hydrogen) atoms. The highest BCUT2D eigenvalue weighted by atomic mass is 35.5. The van der Waals surface area contributed by atoms with Crippen LogP contribution in [0.1, 0.15) is 35.7 Å². The molecule has 0 spiro atoms. The third kappa shape index (κ3) is 6.70. The fourth-order valence-corrected chi connectivity index (χ4v) is 2.43. The Morgan fingerprint density at radius 1 is 1.04 bits per heavy atom. The van der Waals surface area contributed by atoms with Gasteiger partial charge < -0.3 is 14.8 Å². The molecule has 0 saturated carbocycles. The summed E-state index contributed by atoms with van der Waals surface area (Å²) in [4.78, 5) is 35.4. The van der Waals surface area contributed by atoms with E-state index in [2.05, 4.69) is 5.32 Å². The number of rotatable bonds is 9. The van der Waals surface area contributed by atoms with Crippen LogP contribution in [-0.2, 0) is 14.3 Å². The van der Waals surface area contributed by atoms with Crippen molar-refractivity contribution in [3.63, 3.8) is 0 Å². The molecule has 0 unspecified atom stereocenters. The Hall–Kier alpha value is -2.86. The Bertz CT molecular complexity index is 848. The summed E-state index contributed by atoms with van der Waals surface area (Å²) in [5, 5.41) is 3.35. The van der Waals surface area contributed by atoms with Crippen molar-refractivity contribution in [2.75, 3.05) is 18.5 Å². The zero-order valence-electron chi connectivity index (χ0n) is 15.8. The second kappa shape index (κ2) is 10.5. The number of anilines is 1. The quantitative estimate of drug-likeness (QED) is 0.501. The van der Waals surface area contributed by atoms with Gasteiger partial charge >= 0.3 is 5.97 Å². The lowest BCUT2D eigenvalue weighted by Gasteiger charge is -2.08. The van der Waals surface area contributed by atoms with Crippen molar-refractivity contribution in [3.05, 3.63) is 58.6 Å². The number of halogens is 1. The number of esters is 1. The summed E-state index contributed by atoms with van der Waals surface area (Å²) in [7, 11) is 0. The van der Waals surface area contributed by atoms with Crippen molar-refractivity contribution in [2.45, 2.75) is 26.7 Å². The number of carbonyl (C=O) groups is 3. The Morgan fingerprint density at radius 3 is 2.39 bits per heavy atom. The molecule has 0 aliphatic heterocycles. The van der Waals surface area contributed by atoms with E-state index in [1.54, 1.807) is 42.5 Å². The number of nitrogens with one attached hydrogen (secondary N) is 1. The lowest BCUT2D eigenvalue weighted by molar-refractivity contribution is -0.144. The van der Waals surface area contributed by atoms with Gasteiger partial charge in [0.15, 0.2) is 19.0 Å². The highest BCUT2D eigenvalue weighted by Gasteiger charge is 2.11. The van der Waals surface area contributed by atoms with Gasteiger partial charge in [-0.1, -0.05) is 18.5 Å². The van der Waals surface area contributed by atoms with Crippen molar-refractivity contribution in [1.82, 2.24) is 0 Å². The molecular weight excluding hydrogens is 382 g/mol. The molecule has 2 aromatic carbocycles. The van der Waals surface area contributed by atoms with Crippen molar-refractivity contribution in [2.24, 2.45) is 0 Å². The molecule has 2 aromatic rings. The van der Waals surface area contributed by atoms with Crippen LogP contribution >= 0.6 is 11.6 Å². The predicted molar refractivity (Wildman–Crippen MR) is 107 cm³/mol. The maximum atomic E-state index is 12.1. The number of hydrogen-bond donors (Lipinski definition) is 1. The molecule has 0 aromatic heterocycles. The summed E-state index contributed by atoms with van der Waals surface area (Å²) in [6, 6.07) is 11.4. The third-order valence-electron chi connectivity index (χ3n) is 3.82. The molecule has 7 heteroatoms. The fraction of sp³-hybridized carbons (Fsp3) is 0.286. The van der Waals surface area contributed by atoms with E-state index in [1.807, 2.05) is 13.8 Å². The lowest BCUT2D eigenvalue weighted by Crippen LogP contribution is -2.19. The summed E-state index contributed by atoms with van der Waals surface area (Å²) in [5.41, 5.74) is 1.83. The van der Waals surface area contributed by atoms with Crippen molar-refractivity contribution in [3.8, 4) is 5.75 Å². The maximum Gasteiger partial charge on any atom is 0.344 e. The maximum absolute atomic E-state index is 12.1. The summed E-state index contributed by atoms with van der Waals surface area (Å²) in [5.74, 6) is -0.580. The van der Waals surface area contributed by atoms with Gasteiger partial charge in [0.25, 0.3) is 0 Å². The van der Waals surface area contributed by atoms with Crippen LogP contribution in [0.4, 0.5) is 5.69 Å². The molecule has 1 amide bonds. The van der Waals surface area contributed by atoms with E-state index in [0.29, 0.717) is 28.4 Å². The normalized spacial score (nSPS) is 10.2. The Morgan fingerprint density at radius 2 is 1.75 bits per heavy atom. The zero-order valence-corrected chi connectivity index (χ0v) is 16.5. The van der Waals surface area contributed by atoms with Gasteiger partial charge in [-0.15, -0.1) is 0 Å². The molecule has 2 rings (SSSR count). The van der Waals surface area contributed by atoms with Crippen molar-refractivity contribution in [1.29, 1.82) is 0 Å². The molecule has 0 atom stereocenters. The lowest BCUT2D eigenvalue weighted by atomic mass is 10.1. The monoisotopic (exact) mass is 403 g/mol. The van der Waals surface area contributed by atoms with Crippen LogP contribution in [0.3, 0.4) is 0 Å². The van der Waals surface area contributed by atoms with E-state index < -0.39 is 5.97 Å². The SMILES string of the molecule is CCCC(=O)Nc1ccc(C(=O)COC(=O)COc2ccc(Cl)c(C)c2)cc1. The largest absolute Gasteiger partial charge is 0.482 e. The number of ether oxygens (including phenoxy) is 2. The van der Waals surface area contributed by atoms with Gasteiger partial charge in [0.2, 0.25) is 5.91 Å². The predicted octanol–water partition coefficient (Wildman–Crippen LogP) is 4.19. The number of carbonyl (C=O) groups excluding carboxylic acids is 3. The van der Waals surface area contributed by atoms with Crippen LogP contribution in [0.2, 0.25) is 5.02 Å². The van der Waals surface area contributed by atoms with Gasteiger partial charge in [0, 0.05) is 22.7 Å². The minimum Gasteiger partial charge on any atom is -0.482 e. The average Bonchev–Trinajstić information content (AvgIpc) is 2.67. The minimum absolute atomic E-state index is 0.0774. The summed E-state index contributed by atoms with van der Waals surface area (Å²) in [6.45, 7) is 3.05. The summed E-state index contributed by atoms with van der Waals surface area (Å²) < 4.78 is 10.3. The van der Waals surface area contributed by atoms with E-state index in [-0.39, 0.29) is 24.9 Å². The minimum atomic E-state index is -0.649. The van der Waals surface area contributed by atoms with Crippen LogP contribution < -0.4 is 10.1 Å².